The summed E-state index contributed by atoms with van der Waals surface area (Å²) in [6.07, 6.45) is 7.93. The number of rotatable bonds is 8. The summed E-state index contributed by atoms with van der Waals surface area (Å²) in [5.74, 6) is 0.717. The largest absolute Gasteiger partial charge is 0.383 e. The molecule has 1 aromatic carbocycles. The lowest BCUT2D eigenvalue weighted by molar-refractivity contribution is 0.715. The molecule has 1 heterocycles. The van der Waals surface area contributed by atoms with Gasteiger partial charge in [0.25, 0.3) is 0 Å². The van der Waals surface area contributed by atoms with E-state index in [1.807, 2.05) is 0 Å². The summed E-state index contributed by atoms with van der Waals surface area (Å²) in [4.78, 5) is 4.57. The minimum absolute atomic E-state index is 0.717. The van der Waals surface area contributed by atoms with Crippen LogP contribution in [0.2, 0.25) is 0 Å². The first-order chi connectivity index (χ1) is 11.1. The van der Waals surface area contributed by atoms with Crippen LogP contribution in [0.3, 0.4) is 0 Å². The molecule has 0 aliphatic heterocycles. The van der Waals surface area contributed by atoms with Gasteiger partial charge in [-0.3, -0.25) is 0 Å². The van der Waals surface area contributed by atoms with Gasteiger partial charge in [0.15, 0.2) is 0 Å². The zero-order chi connectivity index (χ0) is 16.7. The summed E-state index contributed by atoms with van der Waals surface area (Å²) in [7, 11) is 0. The quantitative estimate of drug-likeness (QED) is 0.693. The monoisotopic (exact) mass is 310 g/mol. The van der Waals surface area contributed by atoms with Crippen LogP contribution in [-0.4, -0.2) is 4.98 Å². The second kappa shape index (κ2) is 8.71. The van der Waals surface area contributed by atoms with Gasteiger partial charge in [0, 0.05) is 5.69 Å². The fraction of sp³-hybridized carbons (Fsp3) is 0.476. The number of nitrogens with two attached hydrogens (primary N) is 1. The number of aromatic nitrogens is 1. The first-order valence-corrected chi connectivity index (χ1v) is 8.96. The number of benzene rings is 1. The molecule has 0 saturated carbocycles. The highest BCUT2D eigenvalue weighted by Gasteiger charge is 2.07. The SMILES string of the molecule is CCCCCc1cc(CCc2ccc(CC)cc2)c(C)nc1N. The molecule has 2 N–H and O–H groups in total. The lowest BCUT2D eigenvalue weighted by Crippen LogP contribution is -2.04. The topological polar surface area (TPSA) is 38.9 Å². The maximum Gasteiger partial charge on any atom is 0.126 e. The lowest BCUT2D eigenvalue weighted by Gasteiger charge is -2.11. The second-order valence-electron chi connectivity index (χ2n) is 6.40. The van der Waals surface area contributed by atoms with Crippen molar-refractivity contribution in [2.75, 3.05) is 5.73 Å². The molecule has 2 heteroatoms. The number of nitrogens with zero attached hydrogens (tertiary/aromatic N) is 1. The minimum Gasteiger partial charge on any atom is -0.383 e. The Kier molecular flexibility index (Phi) is 6.64. The molecule has 0 radical (unpaired) electrons. The zero-order valence-corrected chi connectivity index (χ0v) is 14.9. The van der Waals surface area contributed by atoms with Gasteiger partial charge in [-0.25, -0.2) is 4.98 Å². The van der Waals surface area contributed by atoms with E-state index in [1.54, 1.807) is 0 Å². The van der Waals surface area contributed by atoms with Crippen molar-refractivity contribution in [2.24, 2.45) is 0 Å². The highest BCUT2D eigenvalue weighted by Crippen LogP contribution is 2.19. The summed E-state index contributed by atoms with van der Waals surface area (Å²) >= 11 is 0. The molecule has 0 aliphatic rings. The summed E-state index contributed by atoms with van der Waals surface area (Å²) < 4.78 is 0. The van der Waals surface area contributed by atoms with Gasteiger partial charge in [0.05, 0.1) is 0 Å². The Hall–Kier alpha value is -1.83. The maximum atomic E-state index is 6.10. The van der Waals surface area contributed by atoms with Gasteiger partial charge in [0.2, 0.25) is 0 Å². The summed E-state index contributed by atoms with van der Waals surface area (Å²) in [6, 6.07) is 11.3. The molecule has 1 aromatic heterocycles. The van der Waals surface area contributed by atoms with E-state index >= 15 is 0 Å². The molecule has 0 aliphatic carbocycles. The molecular weight excluding hydrogens is 280 g/mol. The molecule has 23 heavy (non-hydrogen) atoms. The first-order valence-electron chi connectivity index (χ1n) is 8.96. The Bertz CT molecular complexity index is 614. The highest BCUT2D eigenvalue weighted by atomic mass is 14.8. The zero-order valence-electron chi connectivity index (χ0n) is 14.9. The van der Waals surface area contributed by atoms with Crippen molar-refractivity contribution < 1.29 is 0 Å². The highest BCUT2D eigenvalue weighted by molar-refractivity contribution is 5.44. The molecular formula is C21H30N2. The van der Waals surface area contributed by atoms with Crippen molar-refractivity contribution in [1.29, 1.82) is 0 Å². The molecule has 0 amide bonds. The number of nitrogen functional groups attached to an aromatic ring is 1. The molecule has 124 valence electrons. The van der Waals surface area contributed by atoms with Crippen molar-refractivity contribution in [3.05, 3.63) is 58.3 Å². The third kappa shape index (κ3) is 5.09. The number of aryl methyl sites for hydroxylation is 5. The Morgan fingerprint density at radius 3 is 2.22 bits per heavy atom. The van der Waals surface area contributed by atoms with E-state index in [4.69, 9.17) is 5.73 Å². The van der Waals surface area contributed by atoms with Gasteiger partial charge in [-0.2, -0.15) is 0 Å². The van der Waals surface area contributed by atoms with E-state index in [-0.39, 0.29) is 0 Å². The Morgan fingerprint density at radius 1 is 0.870 bits per heavy atom. The number of pyridine rings is 1. The van der Waals surface area contributed by atoms with Crippen LogP contribution in [0, 0.1) is 6.92 Å². The van der Waals surface area contributed by atoms with E-state index in [1.165, 1.54) is 41.5 Å². The van der Waals surface area contributed by atoms with Gasteiger partial charge < -0.3 is 5.73 Å². The Labute approximate surface area is 141 Å². The predicted molar refractivity (Wildman–Crippen MR) is 99.8 cm³/mol. The van der Waals surface area contributed by atoms with Gasteiger partial charge in [-0.1, -0.05) is 57.0 Å². The van der Waals surface area contributed by atoms with Gasteiger partial charge in [-0.05, 0) is 61.3 Å². The van der Waals surface area contributed by atoms with Crippen molar-refractivity contribution >= 4 is 5.82 Å². The second-order valence-corrected chi connectivity index (χ2v) is 6.40. The fourth-order valence-corrected chi connectivity index (χ4v) is 2.95. The minimum atomic E-state index is 0.717. The van der Waals surface area contributed by atoms with Gasteiger partial charge in [0.1, 0.15) is 5.82 Å². The number of hydrogen-bond acceptors (Lipinski definition) is 2. The van der Waals surface area contributed by atoms with Crippen molar-refractivity contribution in [3.8, 4) is 0 Å². The van der Waals surface area contributed by atoms with Gasteiger partial charge >= 0.3 is 0 Å². The van der Waals surface area contributed by atoms with E-state index < -0.39 is 0 Å². The van der Waals surface area contributed by atoms with Crippen LogP contribution in [-0.2, 0) is 25.7 Å². The lowest BCUT2D eigenvalue weighted by atomic mass is 9.99. The number of unbranched alkanes of at least 4 members (excludes halogenated alkanes) is 2. The van der Waals surface area contributed by atoms with Crippen molar-refractivity contribution in [3.63, 3.8) is 0 Å². The van der Waals surface area contributed by atoms with E-state index in [0.29, 0.717) is 0 Å². The van der Waals surface area contributed by atoms with Crippen LogP contribution >= 0.6 is 0 Å². The van der Waals surface area contributed by atoms with Crippen LogP contribution in [0.1, 0.15) is 61.1 Å². The Morgan fingerprint density at radius 2 is 1.57 bits per heavy atom. The summed E-state index contributed by atoms with van der Waals surface area (Å²) in [5, 5.41) is 0. The smallest absolute Gasteiger partial charge is 0.126 e. The van der Waals surface area contributed by atoms with Crippen LogP contribution in [0.5, 0.6) is 0 Å². The fourth-order valence-electron chi connectivity index (χ4n) is 2.95. The third-order valence-electron chi connectivity index (χ3n) is 4.59. The summed E-state index contributed by atoms with van der Waals surface area (Å²) in [6.45, 7) is 6.49. The Balaban J connectivity index is 2.04. The van der Waals surface area contributed by atoms with Crippen LogP contribution in [0.15, 0.2) is 30.3 Å². The van der Waals surface area contributed by atoms with Crippen molar-refractivity contribution in [2.45, 2.75) is 65.7 Å². The van der Waals surface area contributed by atoms with Gasteiger partial charge in [-0.15, -0.1) is 0 Å². The molecule has 2 rings (SSSR count). The molecule has 2 nitrogen and oxygen atoms in total. The van der Waals surface area contributed by atoms with Crippen LogP contribution in [0.25, 0.3) is 0 Å². The molecule has 0 fully saturated rings. The van der Waals surface area contributed by atoms with Crippen LogP contribution in [0.4, 0.5) is 5.82 Å². The molecule has 2 aromatic rings. The standard InChI is InChI=1S/C21H30N2/c1-4-6-7-8-20-15-19(16(3)23-21(20)22)14-13-18-11-9-17(5-2)10-12-18/h9-12,15H,4-8,13-14H2,1-3H3,(H2,22,23). The third-order valence-corrected chi connectivity index (χ3v) is 4.59. The first kappa shape index (κ1) is 17.5. The van der Waals surface area contributed by atoms with E-state index in [9.17, 15) is 0 Å². The average molecular weight is 310 g/mol. The summed E-state index contributed by atoms with van der Waals surface area (Å²) in [5.41, 5.74) is 12.5. The normalized spacial score (nSPS) is 10.9. The number of hydrogen-bond donors (Lipinski definition) is 1. The number of anilines is 1. The van der Waals surface area contributed by atoms with Crippen molar-refractivity contribution in [1.82, 2.24) is 4.98 Å². The molecule has 0 unspecified atom stereocenters. The molecule has 0 atom stereocenters. The maximum absolute atomic E-state index is 6.10. The molecule has 0 saturated heterocycles. The van der Waals surface area contributed by atoms with E-state index in [0.717, 1.165) is 37.2 Å². The molecule has 0 spiro atoms. The average Bonchev–Trinajstić information content (AvgIpc) is 2.56. The van der Waals surface area contributed by atoms with E-state index in [2.05, 4.69) is 56.1 Å². The molecule has 0 bridgehead atoms. The predicted octanol–water partition coefficient (Wildman–Crippen LogP) is 5.05. The van der Waals surface area contributed by atoms with Crippen LogP contribution < -0.4 is 5.73 Å².